The molecule has 0 atom stereocenters. The van der Waals surface area contributed by atoms with Crippen LogP contribution in [0.15, 0.2) is 18.2 Å². The van der Waals surface area contributed by atoms with E-state index in [9.17, 15) is 0 Å². The van der Waals surface area contributed by atoms with E-state index in [1.54, 1.807) is 0 Å². The number of hydrogen-bond donors (Lipinski definition) is 1. The first-order valence-corrected chi connectivity index (χ1v) is 7.20. The van der Waals surface area contributed by atoms with Crippen LogP contribution in [0.2, 0.25) is 0 Å². The summed E-state index contributed by atoms with van der Waals surface area (Å²) < 4.78 is 1.88. The van der Waals surface area contributed by atoms with Gasteiger partial charge in [-0.05, 0) is 47.4 Å². The Kier molecular flexibility index (Phi) is 4.71. The molecule has 0 saturated heterocycles. The molecule has 2 rings (SSSR count). The molecule has 5 nitrogen and oxygen atoms in total. The smallest absolute Gasteiger partial charge is 0.182 e. The second-order valence-corrected chi connectivity index (χ2v) is 5.69. The van der Waals surface area contributed by atoms with Crippen LogP contribution < -0.4 is 5.73 Å². The van der Waals surface area contributed by atoms with E-state index < -0.39 is 0 Å². The van der Waals surface area contributed by atoms with Gasteiger partial charge in [0.15, 0.2) is 5.82 Å². The number of tetrazole rings is 1. The average molecular weight is 273 g/mol. The molecule has 0 amide bonds. The normalized spacial score (nSPS) is 11.2. The molecule has 108 valence electrons. The lowest BCUT2D eigenvalue weighted by atomic mass is 10.1. The van der Waals surface area contributed by atoms with Crippen molar-refractivity contribution in [2.24, 2.45) is 5.92 Å². The monoisotopic (exact) mass is 273 g/mol. The van der Waals surface area contributed by atoms with Gasteiger partial charge in [0.25, 0.3) is 0 Å². The third kappa shape index (κ3) is 3.56. The van der Waals surface area contributed by atoms with E-state index >= 15 is 0 Å². The van der Waals surface area contributed by atoms with Crippen molar-refractivity contribution in [3.63, 3.8) is 0 Å². The maximum absolute atomic E-state index is 5.86. The minimum absolute atomic E-state index is 0.736. The van der Waals surface area contributed by atoms with Gasteiger partial charge in [-0.25, -0.2) is 4.68 Å². The van der Waals surface area contributed by atoms with Gasteiger partial charge in [0.2, 0.25) is 0 Å². The zero-order valence-electron chi connectivity index (χ0n) is 12.5. The lowest BCUT2D eigenvalue weighted by Gasteiger charge is -2.08. The molecule has 20 heavy (non-hydrogen) atoms. The van der Waals surface area contributed by atoms with Gasteiger partial charge in [-0.1, -0.05) is 32.8 Å². The van der Waals surface area contributed by atoms with Crippen LogP contribution >= 0.6 is 0 Å². The van der Waals surface area contributed by atoms with Crippen molar-refractivity contribution in [3.8, 4) is 11.4 Å². The predicted molar refractivity (Wildman–Crippen MR) is 81.1 cm³/mol. The maximum Gasteiger partial charge on any atom is 0.182 e. The van der Waals surface area contributed by atoms with Gasteiger partial charge in [0, 0.05) is 17.8 Å². The van der Waals surface area contributed by atoms with E-state index in [4.69, 9.17) is 5.73 Å². The number of aryl methyl sites for hydroxylation is 2. The lowest BCUT2D eigenvalue weighted by Crippen LogP contribution is -2.04. The van der Waals surface area contributed by atoms with E-state index in [-0.39, 0.29) is 0 Å². The number of hydrogen-bond acceptors (Lipinski definition) is 4. The summed E-state index contributed by atoms with van der Waals surface area (Å²) in [6.45, 7) is 7.40. The average Bonchev–Trinajstić information content (AvgIpc) is 2.85. The Bertz CT molecular complexity index is 559. The van der Waals surface area contributed by atoms with Crippen molar-refractivity contribution in [2.45, 2.75) is 46.6 Å². The lowest BCUT2D eigenvalue weighted by molar-refractivity contribution is 0.487. The fourth-order valence-corrected chi connectivity index (χ4v) is 2.24. The number of nitrogen functional groups attached to an aromatic ring is 1. The second-order valence-electron chi connectivity index (χ2n) is 5.69. The Morgan fingerprint density at radius 2 is 2.05 bits per heavy atom. The van der Waals surface area contributed by atoms with Crippen molar-refractivity contribution < 1.29 is 0 Å². The minimum Gasteiger partial charge on any atom is -0.399 e. The Morgan fingerprint density at radius 3 is 2.80 bits per heavy atom. The Labute approximate surface area is 120 Å². The number of nitrogens with two attached hydrogens (primary N) is 1. The van der Waals surface area contributed by atoms with E-state index in [1.165, 1.54) is 12.8 Å². The van der Waals surface area contributed by atoms with Gasteiger partial charge in [0.05, 0.1) is 0 Å². The number of aromatic nitrogens is 4. The van der Waals surface area contributed by atoms with Crippen molar-refractivity contribution in [1.82, 2.24) is 20.2 Å². The summed E-state index contributed by atoms with van der Waals surface area (Å²) in [7, 11) is 0. The molecule has 0 aliphatic rings. The van der Waals surface area contributed by atoms with Crippen molar-refractivity contribution in [2.75, 3.05) is 5.73 Å². The van der Waals surface area contributed by atoms with Crippen LogP contribution in [0.1, 0.15) is 38.7 Å². The summed E-state index contributed by atoms with van der Waals surface area (Å²) in [6, 6.07) is 5.84. The molecule has 1 heterocycles. The maximum atomic E-state index is 5.86. The van der Waals surface area contributed by atoms with E-state index in [0.29, 0.717) is 0 Å². The van der Waals surface area contributed by atoms with Gasteiger partial charge in [-0.15, -0.1) is 5.10 Å². The number of rotatable bonds is 6. The molecule has 0 aliphatic heterocycles. The first kappa shape index (κ1) is 14.5. The third-order valence-corrected chi connectivity index (χ3v) is 3.44. The summed E-state index contributed by atoms with van der Waals surface area (Å²) in [6.07, 6.45) is 3.54. The molecule has 1 aromatic carbocycles. The van der Waals surface area contributed by atoms with Crippen molar-refractivity contribution in [1.29, 1.82) is 0 Å². The van der Waals surface area contributed by atoms with Crippen LogP contribution in [0.3, 0.4) is 0 Å². The highest BCUT2D eigenvalue weighted by Crippen LogP contribution is 2.23. The first-order chi connectivity index (χ1) is 9.58. The molecule has 0 unspecified atom stereocenters. The second kappa shape index (κ2) is 6.50. The van der Waals surface area contributed by atoms with Gasteiger partial charge in [-0.3, -0.25) is 0 Å². The van der Waals surface area contributed by atoms with Gasteiger partial charge >= 0.3 is 0 Å². The van der Waals surface area contributed by atoms with E-state index in [1.807, 2.05) is 29.8 Å². The fraction of sp³-hybridized carbons (Fsp3) is 0.533. The molecule has 0 aliphatic carbocycles. The van der Waals surface area contributed by atoms with Crippen molar-refractivity contribution in [3.05, 3.63) is 23.8 Å². The Morgan fingerprint density at radius 1 is 1.25 bits per heavy atom. The highest BCUT2D eigenvalue weighted by molar-refractivity contribution is 5.65. The van der Waals surface area contributed by atoms with Crippen LogP contribution in [0.5, 0.6) is 0 Å². The molecular formula is C15H23N5. The Balaban J connectivity index is 2.10. The standard InChI is InChI=1S/C15H23N5/c1-11(2)6-4-5-9-20-15(17-18-19-20)14-10-13(16)8-7-12(14)3/h7-8,10-11H,4-6,9,16H2,1-3H3. The molecule has 0 saturated carbocycles. The molecule has 0 bridgehead atoms. The van der Waals surface area contributed by atoms with Crippen molar-refractivity contribution >= 4 is 5.69 Å². The number of benzene rings is 1. The molecule has 2 aromatic rings. The van der Waals surface area contributed by atoms with E-state index in [2.05, 4.69) is 29.4 Å². The molecule has 0 fully saturated rings. The largest absolute Gasteiger partial charge is 0.399 e. The third-order valence-electron chi connectivity index (χ3n) is 3.44. The summed E-state index contributed by atoms with van der Waals surface area (Å²) in [4.78, 5) is 0. The molecular weight excluding hydrogens is 250 g/mol. The highest BCUT2D eigenvalue weighted by atomic mass is 15.5. The molecule has 1 aromatic heterocycles. The Hall–Kier alpha value is -1.91. The zero-order valence-corrected chi connectivity index (χ0v) is 12.5. The summed E-state index contributed by atoms with van der Waals surface area (Å²) in [5, 5.41) is 12.0. The molecule has 5 heteroatoms. The van der Waals surface area contributed by atoms with Crippen LogP contribution in [-0.2, 0) is 6.54 Å². The molecule has 0 spiro atoms. The first-order valence-electron chi connectivity index (χ1n) is 7.20. The fourth-order valence-electron chi connectivity index (χ4n) is 2.24. The van der Waals surface area contributed by atoms with Gasteiger partial charge in [-0.2, -0.15) is 0 Å². The SMILES string of the molecule is Cc1ccc(N)cc1-c1nnnn1CCCCC(C)C. The van der Waals surface area contributed by atoms with E-state index in [0.717, 1.165) is 41.5 Å². The predicted octanol–water partition coefficient (Wildman–Crippen LogP) is 3.06. The van der Waals surface area contributed by atoms with Gasteiger partial charge in [0.1, 0.15) is 0 Å². The summed E-state index contributed by atoms with van der Waals surface area (Å²) >= 11 is 0. The number of nitrogens with zero attached hydrogens (tertiary/aromatic N) is 4. The zero-order chi connectivity index (χ0) is 14.5. The van der Waals surface area contributed by atoms with Crippen LogP contribution in [0.4, 0.5) is 5.69 Å². The molecule has 0 radical (unpaired) electrons. The van der Waals surface area contributed by atoms with Crippen LogP contribution in [0.25, 0.3) is 11.4 Å². The van der Waals surface area contributed by atoms with Crippen LogP contribution in [0, 0.1) is 12.8 Å². The molecule has 2 N–H and O–H groups in total. The number of unbranched alkanes of at least 4 members (excludes halogenated alkanes) is 1. The summed E-state index contributed by atoms with van der Waals surface area (Å²) in [5.74, 6) is 1.55. The minimum atomic E-state index is 0.736. The number of anilines is 1. The summed E-state index contributed by atoms with van der Waals surface area (Å²) in [5.41, 5.74) is 8.75. The van der Waals surface area contributed by atoms with Crippen LogP contribution in [-0.4, -0.2) is 20.2 Å². The quantitative estimate of drug-likeness (QED) is 0.648. The topological polar surface area (TPSA) is 69.6 Å². The van der Waals surface area contributed by atoms with Gasteiger partial charge < -0.3 is 5.73 Å². The highest BCUT2D eigenvalue weighted by Gasteiger charge is 2.11.